The minimum atomic E-state index is -3.18. The van der Waals surface area contributed by atoms with E-state index in [9.17, 15) is 29.8 Å². The number of halogens is 1. The lowest BCUT2D eigenvalue weighted by Crippen LogP contribution is -2.47. The molecule has 2 aliphatic carbocycles. The SMILES string of the molecule is CC1(C#N)CC(N)C1.CN(C1CC(c2c(C#N)cccc2C=O)c2c1nn1cc(F)c(-c3cncnc3)nc21)C(O)(O)O. The zero-order valence-corrected chi connectivity index (χ0v) is 23.3. The summed E-state index contributed by atoms with van der Waals surface area (Å²) < 4.78 is 16.2. The number of benzene rings is 1. The van der Waals surface area contributed by atoms with Gasteiger partial charge in [-0.25, -0.2) is 28.8 Å². The highest BCUT2D eigenvalue weighted by molar-refractivity contribution is 5.80. The van der Waals surface area contributed by atoms with Crippen LogP contribution in [0, 0.1) is 33.9 Å². The van der Waals surface area contributed by atoms with Crippen LogP contribution in [0.15, 0.2) is 43.1 Å². The van der Waals surface area contributed by atoms with Crippen molar-refractivity contribution in [3.63, 3.8) is 0 Å². The van der Waals surface area contributed by atoms with Gasteiger partial charge in [-0.05, 0) is 44.9 Å². The summed E-state index contributed by atoms with van der Waals surface area (Å²) in [6.45, 7) is 1.95. The molecule has 2 unspecified atom stereocenters. The maximum absolute atomic E-state index is 15.0. The number of hydrogen-bond acceptors (Lipinski definition) is 12. The third-order valence-corrected chi connectivity index (χ3v) is 7.96. The molecule has 1 fully saturated rings. The van der Waals surface area contributed by atoms with Gasteiger partial charge >= 0.3 is 6.10 Å². The minimum absolute atomic E-state index is 0.0265. The zero-order valence-electron chi connectivity index (χ0n) is 23.3. The van der Waals surface area contributed by atoms with Crippen molar-refractivity contribution in [2.75, 3.05) is 7.05 Å². The molecule has 1 aromatic carbocycles. The van der Waals surface area contributed by atoms with Crippen LogP contribution in [0.4, 0.5) is 4.39 Å². The highest BCUT2D eigenvalue weighted by Gasteiger charge is 2.45. The number of aldehydes is 1. The fraction of sp³-hybridized carbons (Fsp3) is 0.345. The van der Waals surface area contributed by atoms with Crippen LogP contribution in [0.2, 0.25) is 0 Å². The smallest absolute Gasteiger partial charge is 0.330 e. The van der Waals surface area contributed by atoms with Gasteiger partial charge in [-0.3, -0.25) is 4.79 Å². The molecular formula is C29H28FN9O4. The fourth-order valence-corrected chi connectivity index (χ4v) is 5.82. The molecule has 0 saturated heterocycles. The Morgan fingerprint density at radius 1 is 1.21 bits per heavy atom. The van der Waals surface area contributed by atoms with E-state index in [2.05, 4.69) is 32.2 Å². The first kappa shape index (κ1) is 29.8. The van der Waals surface area contributed by atoms with E-state index in [1.165, 1.54) is 30.3 Å². The molecule has 3 aromatic heterocycles. The van der Waals surface area contributed by atoms with E-state index in [0.29, 0.717) is 29.0 Å². The number of nitrogens with zero attached hydrogens (tertiary/aromatic N) is 8. The van der Waals surface area contributed by atoms with Gasteiger partial charge < -0.3 is 21.1 Å². The number of aliphatic hydroxyl groups is 3. The number of nitriles is 2. The van der Waals surface area contributed by atoms with E-state index in [4.69, 9.17) is 11.0 Å². The molecule has 0 aliphatic heterocycles. The molecule has 3 heterocycles. The summed E-state index contributed by atoms with van der Waals surface area (Å²) >= 11 is 0. The lowest BCUT2D eigenvalue weighted by Gasteiger charge is -2.37. The van der Waals surface area contributed by atoms with Crippen LogP contribution < -0.4 is 5.73 Å². The average molecular weight is 586 g/mol. The van der Waals surface area contributed by atoms with E-state index in [1.807, 2.05) is 6.92 Å². The Morgan fingerprint density at radius 3 is 2.47 bits per heavy atom. The first-order valence-corrected chi connectivity index (χ1v) is 13.3. The monoisotopic (exact) mass is 585 g/mol. The van der Waals surface area contributed by atoms with Crippen LogP contribution >= 0.6 is 0 Å². The summed E-state index contributed by atoms with van der Waals surface area (Å²) in [4.78, 5) is 25.1. The summed E-state index contributed by atoms with van der Waals surface area (Å²) in [5.41, 5.74) is 7.62. The van der Waals surface area contributed by atoms with Gasteiger partial charge in [0, 0.05) is 41.0 Å². The van der Waals surface area contributed by atoms with Crippen LogP contribution in [0.5, 0.6) is 0 Å². The van der Waals surface area contributed by atoms with Crippen LogP contribution in [0.25, 0.3) is 16.9 Å². The predicted molar refractivity (Wildman–Crippen MR) is 148 cm³/mol. The van der Waals surface area contributed by atoms with Crippen LogP contribution in [0.1, 0.15) is 70.9 Å². The van der Waals surface area contributed by atoms with Gasteiger partial charge in [0.25, 0.3) is 0 Å². The molecule has 0 amide bonds. The molecule has 14 heteroatoms. The molecule has 43 heavy (non-hydrogen) atoms. The molecule has 1 saturated carbocycles. The van der Waals surface area contributed by atoms with Crippen molar-refractivity contribution in [2.24, 2.45) is 11.1 Å². The molecular weight excluding hydrogens is 557 g/mol. The van der Waals surface area contributed by atoms with E-state index >= 15 is 0 Å². The van der Waals surface area contributed by atoms with Crippen molar-refractivity contribution in [1.29, 1.82) is 10.5 Å². The number of carbonyl (C=O) groups excluding carboxylic acids is 1. The van der Waals surface area contributed by atoms with Gasteiger partial charge in [-0.2, -0.15) is 15.6 Å². The number of aromatic nitrogens is 5. The number of rotatable bonds is 5. The summed E-state index contributed by atoms with van der Waals surface area (Å²) in [6.07, 6.45) is 4.59. The quantitative estimate of drug-likeness (QED) is 0.195. The largest absolute Gasteiger partial charge is 0.346 e. The van der Waals surface area contributed by atoms with Gasteiger partial charge in [0.05, 0.1) is 41.0 Å². The van der Waals surface area contributed by atoms with Gasteiger partial charge in [0.1, 0.15) is 18.3 Å². The lowest BCUT2D eigenvalue weighted by molar-refractivity contribution is -0.396. The molecule has 220 valence electrons. The Labute approximate surface area is 245 Å². The summed E-state index contributed by atoms with van der Waals surface area (Å²) in [6, 6.07) is 8.47. The van der Waals surface area contributed by atoms with E-state index in [1.54, 1.807) is 18.2 Å². The Hall–Kier alpha value is -4.70. The van der Waals surface area contributed by atoms with Gasteiger partial charge in [0.15, 0.2) is 11.5 Å². The zero-order chi connectivity index (χ0) is 31.1. The topological polar surface area (TPSA) is 211 Å². The second-order valence-electron chi connectivity index (χ2n) is 11.0. The van der Waals surface area contributed by atoms with Crippen molar-refractivity contribution >= 4 is 11.9 Å². The number of fused-ring (bicyclic) bond motifs is 3. The van der Waals surface area contributed by atoms with E-state index in [0.717, 1.165) is 23.9 Å². The Kier molecular flexibility index (Phi) is 7.74. The molecule has 0 radical (unpaired) electrons. The summed E-state index contributed by atoms with van der Waals surface area (Å²) in [5, 5.41) is 52.2. The maximum atomic E-state index is 15.0. The second kappa shape index (κ2) is 11.2. The third kappa shape index (κ3) is 5.46. The standard InChI is InChI=1S/C23H18FN7O4.C6H10N2/c1-30(23(33,34)35)17-5-15(18-12(6-25)3-2-4-13(18)10-32)19-21(17)29-31-9-16(24)20(28-22(19)31)14-7-26-11-27-8-14;1-6(4-7)2-5(8)3-6/h2-4,7-11,15,17,33-35H,5H2,1H3;5H,2-3,8H2,1H3. The van der Waals surface area contributed by atoms with Gasteiger partial charge in [-0.1, -0.05) is 12.1 Å². The Morgan fingerprint density at radius 2 is 1.91 bits per heavy atom. The van der Waals surface area contributed by atoms with Crippen molar-refractivity contribution in [2.45, 2.75) is 50.3 Å². The molecule has 0 spiro atoms. The van der Waals surface area contributed by atoms with Gasteiger partial charge in [0.2, 0.25) is 0 Å². The first-order valence-electron chi connectivity index (χ1n) is 13.3. The normalized spacial score (nSPS) is 22.6. The van der Waals surface area contributed by atoms with Crippen molar-refractivity contribution < 1.29 is 24.5 Å². The minimum Gasteiger partial charge on any atom is -0.330 e. The molecule has 6 rings (SSSR count). The van der Waals surface area contributed by atoms with Crippen molar-refractivity contribution in [1.82, 2.24) is 29.5 Å². The van der Waals surface area contributed by atoms with Crippen LogP contribution in [-0.4, -0.2) is 70.3 Å². The summed E-state index contributed by atoms with van der Waals surface area (Å²) in [7, 11) is 1.28. The molecule has 0 bridgehead atoms. The average Bonchev–Trinajstić information content (AvgIpc) is 3.52. The highest BCUT2D eigenvalue weighted by atomic mass is 19.1. The van der Waals surface area contributed by atoms with Crippen molar-refractivity contribution in [3.05, 3.63) is 76.9 Å². The van der Waals surface area contributed by atoms with Gasteiger partial charge in [-0.15, -0.1) is 0 Å². The molecule has 2 atom stereocenters. The Bertz CT molecular complexity index is 1770. The molecule has 5 N–H and O–H groups in total. The molecule has 13 nitrogen and oxygen atoms in total. The predicted octanol–water partition coefficient (Wildman–Crippen LogP) is 1.74. The molecule has 2 aliphatic rings. The third-order valence-electron chi connectivity index (χ3n) is 7.96. The second-order valence-corrected chi connectivity index (χ2v) is 11.0. The van der Waals surface area contributed by atoms with Crippen molar-refractivity contribution in [3.8, 4) is 23.4 Å². The highest BCUT2D eigenvalue weighted by Crippen LogP contribution is 2.50. The fourth-order valence-electron chi connectivity index (χ4n) is 5.82. The number of hydrogen-bond donors (Lipinski definition) is 4. The molecule has 4 aromatic rings. The first-order chi connectivity index (χ1) is 20.4. The lowest BCUT2D eigenvalue weighted by atomic mass is 9.68. The Balaban J connectivity index is 0.000000400. The number of nitrogens with two attached hydrogens (primary N) is 1. The summed E-state index contributed by atoms with van der Waals surface area (Å²) in [5.74, 6) is -1.34. The van der Waals surface area contributed by atoms with E-state index < -0.39 is 23.9 Å². The maximum Gasteiger partial charge on any atom is 0.346 e. The van der Waals surface area contributed by atoms with E-state index in [-0.39, 0.29) is 40.0 Å². The van der Waals surface area contributed by atoms with Crippen LogP contribution in [0.3, 0.4) is 0 Å². The van der Waals surface area contributed by atoms with Crippen LogP contribution in [-0.2, 0) is 0 Å². The number of carbonyl (C=O) groups is 1.